The average Bonchev–Trinajstić information content (AvgIpc) is 2.22. The van der Waals surface area contributed by atoms with Crippen molar-refractivity contribution in [1.29, 1.82) is 0 Å². The van der Waals surface area contributed by atoms with Gasteiger partial charge in [-0.15, -0.1) is 0 Å². The molecule has 0 atom stereocenters. The summed E-state index contributed by atoms with van der Waals surface area (Å²) in [4.78, 5) is 11.5. The van der Waals surface area contributed by atoms with Gasteiger partial charge in [0.25, 0.3) is 0 Å². The van der Waals surface area contributed by atoms with Crippen molar-refractivity contribution < 1.29 is 13.9 Å². The van der Waals surface area contributed by atoms with Gasteiger partial charge >= 0.3 is 5.97 Å². The highest BCUT2D eigenvalue weighted by atomic mass is 19.1. The standard InChI is InChI=1S/C12H13FO2/c1-3-11(12(14)15-4-2)9-5-7-10(13)8-6-9/h3,5-8H,4H2,1-2H3/b11-3+. The molecule has 0 radical (unpaired) electrons. The Morgan fingerprint density at radius 1 is 1.40 bits per heavy atom. The Morgan fingerprint density at radius 2 is 2.00 bits per heavy atom. The summed E-state index contributed by atoms with van der Waals surface area (Å²) >= 11 is 0. The van der Waals surface area contributed by atoms with E-state index < -0.39 is 0 Å². The summed E-state index contributed by atoms with van der Waals surface area (Å²) in [6, 6.07) is 5.75. The minimum Gasteiger partial charge on any atom is -0.462 e. The van der Waals surface area contributed by atoms with Gasteiger partial charge in [-0.1, -0.05) is 18.2 Å². The van der Waals surface area contributed by atoms with Gasteiger partial charge in [-0.25, -0.2) is 9.18 Å². The number of carbonyl (C=O) groups excluding carboxylic acids is 1. The molecule has 0 aliphatic carbocycles. The third-order valence-electron chi connectivity index (χ3n) is 1.94. The van der Waals surface area contributed by atoms with Crippen LogP contribution in [0.2, 0.25) is 0 Å². The first kappa shape index (κ1) is 11.4. The second-order valence-corrected chi connectivity index (χ2v) is 2.93. The van der Waals surface area contributed by atoms with Crippen LogP contribution in [0, 0.1) is 5.82 Å². The van der Waals surface area contributed by atoms with Gasteiger partial charge in [-0.3, -0.25) is 0 Å². The molecule has 3 heteroatoms. The Morgan fingerprint density at radius 3 is 2.47 bits per heavy atom. The summed E-state index contributed by atoms with van der Waals surface area (Å²) < 4.78 is 17.5. The van der Waals surface area contributed by atoms with Gasteiger partial charge in [-0.05, 0) is 31.5 Å². The van der Waals surface area contributed by atoms with Crippen LogP contribution in [0.5, 0.6) is 0 Å². The minimum atomic E-state index is -0.383. The zero-order valence-corrected chi connectivity index (χ0v) is 8.79. The van der Waals surface area contributed by atoms with E-state index in [1.165, 1.54) is 12.1 Å². The number of carbonyl (C=O) groups is 1. The van der Waals surface area contributed by atoms with Crippen molar-refractivity contribution in [2.45, 2.75) is 13.8 Å². The zero-order chi connectivity index (χ0) is 11.3. The molecule has 0 fully saturated rings. The van der Waals surface area contributed by atoms with E-state index >= 15 is 0 Å². The Bertz CT molecular complexity index is 366. The summed E-state index contributed by atoms with van der Waals surface area (Å²) in [5.41, 5.74) is 1.12. The highest BCUT2D eigenvalue weighted by Gasteiger charge is 2.11. The molecule has 0 saturated heterocycles. The van der Waals surface area contributed by atoms with Gasteiger partial charge < -0.3 is 4.74 Å². The molecule has 0 spiro atoms. The van der Waals surface area contributed by atoms with Gasteiger partial charge in [0.1, 0.15) is 5.82 Å². The number of rotatable bonds is 3. The Hall–Kier alpha value is -1.64. The van der Waals surface area contributed by atoms with Crippen molar-refractivity contribution in [1.82, 2.24) is 0 Å². The maximum atomic E-state index is 12.7. The van der Waals surface area contributed by atoms with E-state index in [4.69, 9.17) is 4.74 Å². The fourth-order valence-corrected chi connectivity index (χ4v) is 1.24. The van der Waals surface area contributed by atoms with Gasteiger partial charge in [-0.2, -0.15) is 0 Å². The van der Waals surface area contributed by atoms with Crippen LogP contribution in [0.3, 0.4) is 0 Å². The van der Waals surface area contributed by atoms with Gasteiger partial charge in [0.2, 0.25) is 0 Å². The van der Waals surface area contributed by atoms with E-state index in [-0.39, 0.29) is 11.8 Å². The molecule has 1 aromatic carbocycles. The highest BCUT2D eigenvalue weighted by molar-refractivity contribution is 6.16. The molecular formula is C12H13FO2. The van der Waals surface area contributed by atoms with Crippen LogP contribution < -0.4 is 0 Å². The van der Waals surface area contributed by atoms with Gasteiger partial charge in [0, 0.05) is 0 Å². The summed E-state index contributed by atoms with van der Waals surface area (Å²) in [6.07, 6.45) is 1.66. The second-order valence-electron chi connectivity index (χ2n) is 2.93. The summed E-state index contributed by atoms with van der Waals surface area (Å²) in [7, 11) is 0. The molecule has 0 unspecified atom stereocenters. The van der Waals surface area contributed by atoms with E-state index in [0.29, 0.717) is 17.7 Å². The number of hydrogen-bond acceptors (Lipinski definition) is 2. The lowest BCUT2D eigenvalue weighted by molar-refractivity contribution is -0.136. The number of ether oxygens (including phenoxy) is 1. The van der Waals surface area contributed by atoms with Crippen molar-refractivity contribution >= 4 is 11.5 Å². The molecule has 0 heterocycles. The third-order valence-corrected chi connectivity index (χ3v) is 1.94. The van der Waals surface area contributed by atoms with Crippen molar-refractivity contribution in [3.05, 3.63) is 41.7 Å². The van der Waals surface area contributed by atoms with Crippen LogP contribution in [0.4, 0.5) is 4.39 Å². The molecule has 0 N–H and O–H groups in total. The predicted octanol–water partition coefficient (Wildman–Crippen LogP) is 2.79. The molecule has 2 nitrogen and oxygen atoms in total. The Labute approximate surface area is 88.4 Å². The van der Waals surface area contributed by atoms with Crippen LogP contribution >= 0.6 is 0 Å². The average molecular weight is 208 g/mol. The third kappa shape index (κ3) is 2.91. The molecular weight excluding hydrogens is 195 g/mol. The second kappa shape index (κ2) is 5.29. The number of allylic oxidation sites excluding steroid dienone is 1. The topological polar surface area (TPSA) is 26.3 Å². The Kier molecular flexibility index (Phi) is 4.03. The first-order chi connectivity index (χ1) is 7.19. The molecule has 1 rings (SSSR count). The van der Waals surface area contributed by atoms with Gasteiger partial charge in [0.15, 0.2) is 0 Å². The molecule has 1 aromatic rings. The molecule has 0 saturated carbocycles. The predicted molar refractivity (Wildman–Crippen MR) is 56.7 cm³/mol. The fourth-order valence-electron chi connectivity index (χ4n) is 1.24. The quantitative estimate of drug-likeness (QED) is 0.564. The fraction of sp³-hybridized carbons (Fsp3) is 0.250. The van der Waals surface area contributed by atoms with Gasteiger partial charge in [0.05, 0.1) is 12.2 Å². The largest absolute Gasteiger partial charge is 0.462 e. The normalized spacial score (nSPS) is 11.3. The van der Waals surface area contributed by atoms with Crippen molar-refractivity contribution in [3.63, 3.8) is 0 Å². The van der Waals surface area contributed by atoms with Crippen LogP contribution in [0.15, 0.2) is 30.3 Å². The van der Waals surface area contributed by atoms with Crippen molar-refractivity contribution in [2.75, 3.05) is 6.61 Å². The van der Waals surface area contributed by atoms with E-state index in [9.17, 15) is 9.18 Å². The number of hydrogen-bond donors (Lipinski definition) is 0. The number of esters is 1. The smallest absolute Gasteiger partial charge is 0.338 e. The molecule has 0 aliphatic rings. The monoisotopic (exact) mass is 208 g/mol. The molecule has 0 amide bonds. The molecule has 0 bridgehead atoms. The lowest BCUT2D eigenvalue weighted by atomic mass is 10.1. The molecule has 0 aliphatic heterocycles. The maximum absolute atomic E-state index is 12.7. The van der Waals surface area contributed by atoms with Crippen LogP contribution in [-0.4, -0.2) is 12.6 Å². The van der Waals surface area contributed by atoms with Crippen molar-refractivity contribution in [2.24, 2.45) is 0 Å². The summed E-state index contributed by atoms with van der Waals surface area (Å²) in [5, 5.41) is 0. The van der Waals surface area contributed by atoms with E-state index in [1.807, 2.05) is 0 Å². The maximum Gasteiger partial charge on any atom is 0.338 e. The Balaban J connectivity index is 2.94. The van der Waals surface area contributed by atoms with Crippen molar-refractivity contribution in [3.8, 4) is 0 Å². The van der Waals surface area contributed by atoms with E-state index in [1.54, 1.807) is 32.1 Å². The lowest BCUT2D eigenvalue weighted by Crippen LogP contribution is -2.06. The number of benzene rings is 1. The number of halogens is 1. The summed E-state index contributed by atoms with van der Waals surface area (Å²) in [6.45, 7) is 3.82. The zero-order valence-electron chi connectivity index (χ0n) is 8.79. The first-order valence-corrected chi connectivity index (χ1v) is 4.78. The highest BCUT2D eigenvalue weighted by Crippen LogP contribution is 2.16. The molecule has 80 valence electrons. The summed E-state index contributed by atoms with van der Waals surface area (Å²) in [5.74, 6) is -0.704. The van der Waals surface area contributed by atoms with E-state index in [0.717, 1.165) is 0 Å². The SMILES string of the molecule is C/C=C(/C(=O)OCC)c1ccc(F)cc1. The molecule has 15 heavy (non-hydrogen) atoms. The van der Waals surface area contributed by atoms with Crippen LogP contribution in [-0.2, 0) is 9.53 Å². The molecule has 0 aromatic heterocycles. The minimum absolute atomic E-state index is 0.321. The van der Waals surface area contributed by atoms with Crippen LogP contribution in [0.1, 0.15) is 19.4 Å². The van der Waals surface area contributed by atoms with E-state index in [2.05, 4.69) is 0 Å². The van der Waals surface area contributed by atoms with Crippen LogP contribution in [0.25, 0.3) is 5.57 Å². The lowest BCUT2D eigenvalue weighted by Gasteiger charge is -2.06. The first-order valence-electron chi connectivity index (χ1n) is 4.78.